The number of amides is 1. The van der Waals surface area contributed by atoms with E-state index in [1.165, 1.54) is 6.07 Å². The highest BCUT2D eigenvalue weighted by Gasteiger charge is 2.47. The van der Waals surface area contributed by atoms with E-state index in [0.29, 0.717) is 38.9 Å². The Morgan fingerprint density at radius 2 is 1.84 bits per heavy atom. The fraction of sp³-hybridized carbons (Fsp3) is 0.296. The molecule has 38 heavy (non-hydrogen) atoms. The quantitative estimate of drug-likeness (QED) is 0.393. The van der Waals surface area contributed by atoms with Crippen molar-refractivity contribution < 1.29 is 28.2 Å². The summed E-state index contributed by atoms with van der Waals surface area (Å²) in [5.41, 5.74) is 3.64. The molecule has 0 spiro atoms. The van der Waals surface area contributed by atoms with Crippen molar-refractivity contribution in [3.05, 3.63) is 76.8 Å². The summed E-state index contributed by atoms with van der Waals surface area (Å²) in [6, 6.07) is 13.2. The standard InChI is InChI=1S/C27H23ClF2N4O4/c1-13-15(6-7-18(31-13)26(29)30)16-4-2-3-5-17(16)22-25(28)34-9-8-14(10-21(34)33-22)27(36)32-19-11-37-24-20(35)12-38-23(19)24/h2-10,19-20,23-24,26,35H,11-12H2,1H3,(H,32,36)/t19-,20-,23-,24-/m1/s1. The number of aromatic nitrogens is 3. The van der Waals surface area contributed by atoms with Crippen LogP contribution < -0.4 is 5.32 Å². The van der Waals surface area contributed by atoms with Gasteiger partial charge in [0.15, 0.2) is 0 Å². The number of pyridine rings is 2. The van der Waals surface area contributed by atoms with E-state index in [1.807, 2.05) is 24.3 Å². The first-order valence-electron chi connectivity index (χ1n) is 12.1. The van der Waals surface area contributed by atoms with E-state index in [1.54, 1.807) is 35.7 Å². The minimum absolute atomic E-state index is 0.177. The number of aryl methyl sites for hydroxylation is 1. The molecule has 2 N–H and O–H groups in total. The minimum atomic E-state index is -2.66. The van der Waals surface area contributed by atoms with Crippen LogP contribution >= 0.6 is 11.6 Å². The number of aliphatic hydroxyl groups excluding tert-OH is 1. The summed E-state index contributed by atoms with van der Waals surface area (Å²) in [6.45, 7) is 2.11. The molecule has 1 aromatic carbocycles. The monoisotopic (exact) mass is 540 g/mol. The lowest BCUT2D eigenvalue weighted by Gasteiger charge is -2.17. The molecule has 0 bridgehead atoms. The molecule has 2 aliphatic rings. The number of hydrogen-bond acceptors (Lipinski definition) is 6. The van der Waals surface area contributed by atoms with Crippen LogP contribution in [0.5, 0.6) is 0 Å². The normalized spacial score (nSPS) is 22.8. The second-order valence-electron chi connectivity index (χ2n) is 9.35. The fourth-order valence-corrected chi connectivity index (χ4v) is 5.38. The lowest BCUT2D eigenvalue weighted by molar-refractivity contribution is 0.0178. The summed E-state index contributed by atoms with van der Waals surface area (Å²) < 4.78 is 39.1. The van der Waals surface area contributed by atoms with Crippen LogP contribution in [0, 0.1) is 6.92 Å². The third kappa shape index (κ3) is 4.23. The van der Waals surface area contributed by atoms with Gasteiger partial charge in [0.25, 0.3) is 12.3 Å². The molecule has 6 rings (SSSR count). The van der Waals surface area contributed by atoms with E-state index in [0.717, 1.165) is 5.56 Å². The van der Waals surface area contributed by atoms with Gasteiger partial charge in [-0.05, 0) is 30.7 Å². The maximum atomic E-state index is 13.1. The zero-order chi connectivity index (χ0) is 26.6. The average molecular weight is 541 g/mol. The van der Waals surface area contributed by atoms with Crippen LogP contribution in [0.2, 0.25) is 5.15 Å². The molecule has 3 aromatic heterocycles. The maximum absolute atomic E-state index is 13.1. The highest BCUT2D eigenvalue weighted by molar-refractivity contribution is 6.32. The SMILES string of the molecule is Cc1nc(C(F)F)ccc1-c1ccccc1-c1nc2cc(C(=O)N[C@@H]3CO[C@H]4[C@@H]3OC[C@H]4O)ccn2c1Cl. The summed E-state index contributed by atoms with van der Waals surface area (Å²) in [5.74, 6) is -0.325. The molecule has 0 radical (unpaired) electrons. The van der Waals surface area contributed by atoms with Crippen molar-refractivity contribution in [2.24, 2.45) is 0 Å². The second-order valence-corrected chi connectivity index (χ2v) is 9.71. The molecule has 196 valence electrons. The van der Waals surface area contributed by atoms with Crippen molar-refractivity contribution in [1.29, 1.82) is 0 Å². The van der Waals surface area contributed by atoms with Crippen molar-refractivity contribution in [2.45, 2.75) is 37.7 Å². The number of carbonyl (C=O) groups excluding carboxylic acids is 1. The molecule has 2 saturated heterocycles. The van der Waals surface area contributed by atoms with Crippen LogP contribution in [-0.4, -0.2) is 62.9 Å². The van der Waals surface area contributed by atoms with E-state index in [2.05, 4.69) is 10.3 Å². The number of halogens is 3. The Hall–Kier alpha value is -3.44. The van der Waals surface area contributed by atoms with Crippen molar-refractivity contribution >= 4 is 23.2 Å². The number of benzene rings is 1. The van der Waals surface area contributed by atoms with Gasteiger partial charge in [0, 0.05) is 28.6 Å². The topological polar surface area (TPSA) is 98.0 Å². The van der Waals surface area contributed by atoms with Gasteiger partial charge in [-0.25, -0.2) is 13.8 Å². The molecular formula is C27H23ClF2N4O4. The lowest BCUT2D eigenvalue weighted by atomic mass is 9.97. The molecule has 8 nitrogen and oxygen atoms in total. The van der Waals surface area contributed by atoms with E-state index < -0.39 is 24.7 Å². The highest BCUT2D eigenvalue weighted by atomic mass is 35.5. The molecule has 0 saturated carbocycles. The van der Waals surface area contributed by atoms with Gasteiger partial charge in [-0.15, -0.1) is 0 Å². The molecule has 2 aliphatic heterocycles. The number of rotatable bonds is 5. The molecular weight excluding hydrogens is 518 g/mol. The van der Waals surface area contributed by atoms with Gasteiger partial charge in [0.05, 0.1) is 19.3 Å². The number of fused-ring (bicyclic) bond motifs is 2. The van der Waals surface area contributed by atoms with E-state index in [9.17, 15) is 18.7 Å². The van der Waals surface area contributed by atoms with E-state index >= 15 is 0 Å². The second kappa shape index (κ2) is 9.70. The third-order valence-corrected chi connectivity index (χ3v) is 7.34. The molecule has 1 amide bonds. The Morgan fingerprint density at radius 3 is 2.61 bits per heavy atom. The summed E-state index contributed by atoms with van der Waals surface area (Å²) in [5, 5.41) is 13.2. The molecule has 11 heteroatoms. The zero-order valence-corrected chi connectivity index (χ0v) is 20.9. The zero-order valence-electron chi connectivity index (χ0n) is 20.1. The first kappa shape index (κ1) is 24.9. The van der Waals surface area contributed by atoms with Gasteiger partial charge in [0.2, 0.25) is 0 Å². The summed E-state index contributed by atoms with van der Waals surface area (Å²) in [7, 11) is 0. The molecule has 0 unspecified atom stereocenters. The highest BCUT2D eigenvalue weighted by Crippen LogP contribution is 2.37. The van der Waals surface area contributed by atoms with Crippen LogP contribution in [0.25, 0.3) is 28.0 Å². The predicted molar refractivity (Wildman–Crippen MR) is 135 cm³/mol. The lowest BCUT2D eigenvalue weighted by Crippen LogP contribution is -2.44. The smallest absolute Gasteiger partial charge is 0.280 e. The Balaban J connectivity index is 1.32. The van der Waals surface area contributed by atoms with Gasteiger partial charge < -0.3 is 19.9 Å². The maximum Gasteiger partial charge on any atom is 0.280 e. The Labute approximate surface area is 221 Å². The van der Waals surface area contributed by atoms with E-state index in [4.69, 9.17) is 26.1 Å². The largest absolute Gasteiger partial charge is 0.388 e. The number of carbonyl (C=O) groups is 1. The first-order chi connectivity index (χ1) is 18.3. The fourth-order valence-electron chi connectivity index (χ4n) is 5.09. The van der Waals surface area contributed by atoms with Crippen molar-refractivity contribution in [3.63, 3.8) is 0 Å². The van der Waals surface area contributed by atoms with Crippen molar-refractivity contribution in [2.75, 3.05) is 13.2 Å². The summed E-state index contributed by atoms with van der Waals surface area (Å²) in [6.07, 6.45) is -2.53. The van der Waals surface area contributed by atoms with Crippen molar-refractivity contribution in [3.8, 4) is 22.4 Å². The first-order valence-corrected chi connectivity index (χ1v) is 12.4. The van der Waals surface area contributed by atoms with Gasteiger partial charge >= 0.3 is 0 Å². The third-order valence-electron chi connectivity index (χ3n) is 6.98. The number of aliphatic hydroxyl groups is 1. The number of hydrogen-bond donors (Lipinski definition) is 2. The van der Waals surface area contributed by atoms with E-state index in [-0.39, 0.29) is 30.9 Å². The summed E-state index contributed by atoms with van der Waals surface area (Å²) in [4.78, 5) is 21.8. The number of alkyl halides is 2. The Kier molecular flexibility index (Phi) is 6.35. The van der Waals surface area contributed by atoms with Crippen LogP contribution in [0.15, 0.2) is 54.7 Å². The predicted octanol–water partition coefficient (Wildman–Crippen LogP) is 4.22. The van der Waals surface area contributed by atoms with Gasteiger partial charge in [0.1, 0.15) is 40.5 Å². The van der Waals surface area contributed by atoms with Gasteiger partial charge in [-0.3, -0.25) is 14.2 Å². The number of imidazole rings is 1. The molecule has 0 aliphatic carbocycles. The van der Waals surface area contributed by atoms with Gasteiger partial charge in [-0.2, -0.15) is 0 Å². The van der Waals surface area contributed by atoms with Gasteiger partial charge in [-0.1, -0.05) is 41.9 Å². The number of nitrogens with one attached hydrogen (secondary N) is 1. The minimum Gasteiger partial charge on any atom is -0.388 e. The average Bonchev–Trinajstić information content (AvgIpc) is 3.59. The Bertz CT molecular complexity index is 1550. The number of ether oxygens (including phenoxy) is 2. The van der Waals surface area contributed by atoms with Crippen LogP contribution in [0.3, 0.4) is 0 Å². The molecule has 4 atom stereocenters. The molecule has 4 aromatic rings. The van der Waals surface area contributed by atoms with Crippen LogP contribution in [0.4, 0.5) is 8.78 Å². The Morgan fingerprint density at radius 1 is 1.08 bits per heavy atom. The number of nitrogens with zero attached hydrogens (tertiary/aromatic N) is 3. The van der Waals surface area contributed by atoms with Crippen LogP contribution in [0.1, 0.15) is 28.2 Å². The molecule has 5 heterocycles. The summed E-state index contributed by atoms with van der Waals surface area (Å²) >= 11 is 6.73. The van der Waals surface area contributed by atoms with Crippen LogP contribution in [-0.2, 0) is 9.47 Å². The van der Waals surface area contributed by atoms with Crippen molar-refractivity contribution in [1.82, 2.24) is 19.7 Å². The molecule has 2 fully saturated rings.